The van der Waals surface area contributed by atoms with Crippen LogP contribution in [-0.2, 0) is 26.2 Å². The maximum atomic E-state index is 13.7. The zero-order chi connectivity index (χ0) is 54.6. The van der Waals surface area contributed by atoms with Gasteiger partial charge >= 0.3 is 0 Å². The summed E-state index contributed by atoms with van der Waals surface area (Å²) in [6.07, 6.45) is 13.3. The summed E-state index contributed by atoms with van der Waals surface area (Å²) in [7, 11) is 4.80. The molecule has 21 heteroatoms. The average Bonchev–Trinajstić information content (AvgIpc) is 4.17. The Morgan fingerprint density at radius 2 is 1.40 bits per heavy atom. The molecule has 0 unspecified atom stereocenters. The lowest BCUT2D eigenvalue weighted by atomic mass is 10.1. The van der Waals surface area contributed by atoms with E-state index in [0.717, 1.165) is 30.5 Å². The number of methoxy groups -OCH3 is 1. The largest absolute Gasteiger partial charge is 0.494 e. The van der Waals surface area contributed by atoms with Gasteiger partial charge in [-0.25, -0.2) is 9.97 Å². The molecule has 6 aromatic rings. The van der Waals surface area contributed by atoms with Gasteiger partial charge in [0.05, 0.1) is 41.8 Å². The molecule has 6 rings (SSSR count). The number of ether oxygens (including phenoxy) is 2. The number of amides is 2. The zero-order valence-electron chi connectivity index (χ0n) is 44.4. The molecule has 2 aromatic carbocycles. The van der Waals surface area contributed by atoms with Crippen LogP contribution in [0.5, 0.6) is 11.5 Å². The first-order valence-electron chi connectivity index (χ1n) is 24.0. The normalized spacial score (nSPS) is 10.9. The lowest BCUT2D eigenvalue weighted by Gasteiger charge is -2.12. The lowest BCUT2D eigenvalue weighted by molar-refractivity contribution is 0.0995. The maximum Gasteiger partial charge on any atom is 0.276 e. The molecule has 4 aromatic heterocycles. The second-order valence-corrected chi connectivity index (χ2v) is 15.3. The van der Waals surface area contributed by atoms with E-state index < -0.39 is 11.8 Å². The van der Waals surface area contributed by atoms with Gasteiger partial charge in [0.25, 0.3) is 5.91 Å². The number of benzene rings is 2. The predicted molar refractivity (Wildman–Crippen MR) is 293 cm³/mol. The minimum atomic E-state index is -0.667. The van der Waals surface area contributed by atoms with Gasteiger partial charge in [-0.15, -0.1) is 0 Å². The van der Waals surface area contributed by atoms with Crippen LogP contribution in [0, 0.1) is 13.8 Å². The third kappa shape index (κ3) is 17.2. The van der Waals surface area contributed by atoms with Crippen LogP contribution >= 0.6 is 0 Å². The van der Waals surface area contributed by atoms with Gasteiger partial charge in [0.15, 0.2) is 6.29 Å². The summed E-state index contributed by atoms with van der Waals surface area (Å²) in [5, 5.41) is 17.5. The Balaban J connectivity index is 0.000000924. The van der Waals surface area contributed by atoms with E-state index in [1.165, 1.54) is 26.8 Å². The van der Waals surface area contributed by atoms with Gasteiger partial charge in [0, 0.05) is 62.5 Å². The Morgan fingerprint density at radius 1 is 0.808 bits per heavy atom. The first-order valence-corrected chi connectivity index (χ1v) is 24.0. The van der Waals surface area contributed by atoms with Crippen molar-refractivity contribution in [3.63, 3.8) is 0 Å². The van der Waals surface area contributed by atoms with E-state index >= 15 is 0 Å². The Hall–Kier alpha value is -8.33. The first kappa shape index (κ1) is 60.8. The van der Waals surface area contributed by atoms with Crippen molar-refractivity contribution in [3.05, 3.63) is 119 Å². The van der Waals surface area contributed by atoms with Gasteiger partial charge < -0.3 is 46.4 Å². The zero-order valence-corrected chi connectivity index (χ0v) is 44.4. The third-order valence-corrected chi connectivity index (χ3v) is 9.74. The Bertz CT molecular complexity index is 2880. The van der Waals surface area contributed by atoms with Crippen molar-refractivity contribution < 1.29 is 28.7 Å². The summed E-state index contributed by atoms with van der Waals surface area (Å²) < 4.78 is 18.8. The van der Waals surface area contributed by atoms with Gasteiger partial charge in [0.2, 0.25) is 17.8 Å². The summed E-state index contributed by atoms with van der Waals surface area (Å²) in [6.45, 7) is 23.7. The molecule has 9 N–H and O–H groups in total. The molecule has 0 spiro atoms. The molecule has 4 heterocycles. The summed E-state index contributed by atoms with van der Waals surface area (Å²) in [5.74, 6) is 0.539. The summed E-state index contributed by atoms with van der Waals surface area (Å²) in [5.41, 5.74) is 22.6. The van der Waals surface area contributed by atoms with Crippen molar-refractivity contribution in [2.75, 3.05) is 45.0 Å². The fraction of sp³-hybridized carbons (Fsp3) is 0.365. The van der Waals surface area contributed by atoms with E-state index in [1.54, 1.807) is 69.7 Å². The Kier molecular flexibility index (Phi) is 26.5. The number of nitrogens with two attached hydrogens (primary N) is 3. The number of rotatable bonds is 21. The smallest absolute Gasteiger partial charge is 0.276 e. The standard InChI is InChI=1S/C39H46N12O5.C7H10N2O.C3H8.C2H6.CH5N/c1-7-51-31(16-25(4)48-51)37(54)47-39-46-30-19-27(36(41)53)20-33(56-15-11-8-12-43-22-28(21-40)44-24(2)3)35(30)50(39)14-10-9-13-49-34-29(45-38(49)42-5)17-26(23-52)18-32(34)55-6;1-3-9-7(5-10)4-6(2)8-9;1-3-2;2*1-2/h8-11,16-23,44H,2,7,12-15,40H2,1,3-6H3,(H2,41,53)(H,42,45)(H,46,47,54);4-5H,3H2,1-2H3;3H2,1-2H3;1-2H3;2H2,1H3/b10-9+,11-8+,28-21+,43-22?;;;;. The highest BCUT2D eigenvalue weighted by molar-refractivity contribution is 6.04. The van der Waals surface area contributed by atoms with Crippen LogP contribution in [0.4, 0.5) is 11.9 Å². The first-order chi connectivity index (χ1) is 35.2. The highest BCUT2D eigenvalue weighted by Gasteiger charge is 2.22. The summed E-state index contributed by atoms with van der Waals surface area (Å²) in [6, 6.07) is 9.95. The number of carbonyl (C=O) groups is 4. The quantitative estimate of drug-likeness (QED) is 0.0234. The number of primary amides is 1. The van der Waals surface area contributed by atoms with Crippen LogP contribution in [0.2, 0.25) is 0 Å². The summed E-state index contributed by atoms with van der Waals surface area (Å²) in [4.78, 5) is 61.7. The highest BCUT2D eigenvalue weighted by atomic mass is 16.5. The molecule has 0 fully saturated rings. The number of aromatic nitrogens is 8. The van der Waals surface area contributed by atoms with Gasteiger partial charge in [0.1, 0.15) is 46.8 Å². The van der Waals surface area contributed by atoms with Crippen molar-refractivity contribution in [1.29, 1.82) is 0 Å². The van der Waals surface area contributed by atoms with E-state index in [2.05, 4.69) is 62.3 Å². The number of aliphatic imine (C=N–C) groups is 1. The fourth-order valence-electron chi connectivity index (χ4n) is 6.86. The number of aldehydes is 2. The number of hydrogen-bond acceptors (Lipinski definition) is 15. The van der Waals surface area contributed by atoms with E-state index in [1.807, 2.05) is 71.3 Å². The van der Waals surface area contributed by atoms with E-state index in [0.29, 0.717) is 87.5 Å². The number of aryl methyl sites for hydroxylation is 4. The van der Waals surface area contributed by atoms with Crippen molar-refractivity contribution >= 4 is 64.6 Å². The average molecular weight is 1010 g/mol. The molecule has 0 aliphatic carbocycles. The molecular weight excluding hydrogens is 931 g/mol. The van der Waals surface area contributed by atoms with Gasteiger partial charge in [-0.05, 0) is 84.1 Å². The van der Waals surface area contributed by atoms with Crippen molar-refractivity contribution in [1.82, 2.24) is 44.0 Å². The van der Waals surface area contributed by atoms with Crippen LogP contribution in [0.1, 0.15) is 108 Å². The topological polar surface area (TPSA) is 285 Å². The van der Waals surface area contributed by atoms with Gasteiger partial charge in [-0.3, -0.25) is 38.9 Å². The number of nitrogens with zero attached hydrogens (tertiary/aromatic N) is 9. The van der Waals surface area contributed by atoms with Crippen LogP contribution in [0.15, 0.2) is 89.9 Å². The number of fused-ring (bicyclic) bond motifs is 2. The van der Waals surface area contributed by atoms with Crippen molar-refractivity contribution in [2.45, 2.75) is 94.9 Å². The van der Waals surface area contributed by atoms with Crippen LogP contribution < -0.4 is 42.6 Å². The minimum Gasteiger partial charge on any atom is -0.494 e. The molecule has 0 aliphatic heterocycles. The van der Waals surface area contributed by atoms with Gasteiger partial charge in [-0.1, -0.05) is 58.9 Å². The lowest BCUT2D eigenvalue weighted by Crippen LogP contribution is -2.20. The molecular formula is C52H75N15O6. The Labute approximate surface area is 428 Å². The molecule has 394 valence electrons. The van der Waals surface area contributed by atoms with E-state index in [4.69, 9.17) is 25.9 Å². The van der Waals surface area contributed by atoms with E-state index in [9.17, 15) is 19.2 Å². The van der Waals surface area contributed by atoms with Crippen molar-refractivity contribution in [3.8, 4) is 11.5 Å². The Morgan fingerprint density at radius 3 is 1.95 bits per heavy atom. The van der Waals surface area contributed by atoms with Crippen LogP contribution in [0.25, 0.3) is 22.1 Å². The molecule has 21 nitrogen and oxygen atoms in total. The number of imidazole rings is 2. The second kappa shape index (κ2) is 31.8. The molecule has 0 bridgehead atoms. The molecule has 0 saturated carbocycles. The predicted octanol–water partition coefficient (Wildman–Crippen LogP) is 7.35. The number of hydrogen-bond donors (Lipinski definition) is 6. The molecule has 2 amide bonds. The second-order valence-electron chi connectivity index (χ2n) is 15.3. The molecule has 73 heavy (non-hydrogen) atoms. The van der Waals surface area contributed by atoms with Crippen molar-refractivity contribution in [2.24, 2.45) is 22.2 Å². The molecule has 0 radical (unpaired) electrons. The van der Waals surface area contributed by atoms with E-state index in [-0.39, 0.29) is 24.7 Å². The number of carbonyl (C=O) groups excluding carboxylic acids is 4. The maximum absolute atomic E-state index is 13.7. The number of allylic oxidation sites excluding steroid dienone is 4. The third-order valence-electron chi connectivity index (χ3n) is 9.74. The minimum absolute atomic E-state index is 0.127. The molecule has 0 atom stereocenters. The molecule has 0 saturated heterocycles. The fourth-order valence-corrected chi connectivity index (χ4v) is 6.86. The van der Waals surface area contributed by atoms with Crippen LogP contribution in [-0.4, -0.2) is 104 Å². The van der Waals surface area contributed by atoms with Crippen LogP contribution in [0.3, 0.4) is 0 Å². The van der Waals surface area contributed by atoms with Gasteiger partial charge in [-0.2, -0.15) is 10.2 Å². The number of anilines is 2. The number of nitrogens with one attached hydrogen (secondary N) is 3. The highest BCUT2D eigenvalue weighted by Crippen LogP contribution is 2.32. The SMILES string of the molecule is C=C(C)N/C(C=NC/C=C/COc1cc(C(N)=O)cc2nc(NC(=O)c3cc(C)nn3CC)n(C/C=C/Cn3c(NC)nc4cc(C=O)cc(OC)c43)c12)=C/N.CC.CCC.CCn1nc(C)cc1C=O.CN. The molecule has 0 aliphatic rings. The summed E-state index contributed by atoms with van der Waals surface area (Å²) >= 11 is 0. The monoisotopic (exact) mass is 1010 g/mol.